The van der Waals surface area contributed by atoms with Gasteiger partial charge in [0.1, 0.15) is 0 Å². The number of nitrogens with zero attached hydrogens (tertiary/aromatic N) is 1. The number of benzene rings is 1. The van der Waals surface area contributed by atoms with Crippen molar-refractivity contribution in [3.8, 4) is 0 Å². The number of aliphatic imine (C=N–C) groups is 1. The number of guanidine groups is 1. The van der Waals surface area contributed by atoms with Crippen molar-refractivity contribution in [2.75, 3.05) is 0 Å². The van der Waals surface area contributed by atoms with Gasteiger partial charge in [-0.2, -0.15) is 0 Å². The van der Waals surface area contributed by atoms with Crippen molar-refractivity contribution in [3.63, 3.8) is 0 Å². The molecule has 3 N–H and O–H groups in total. The molecule has 0 unspecified atom stereocenters. The number of aryl methyl sites for hydroxylation is 2. The van der Waals surface area contributed by atoms with Crippen molar-refractivity contribution in [2.24, 2.45) is 10.7 Å². The van der Waals surface area contributed by atoms with Crippen LogP contribution in [0.15, 0.2) is 23.2 Å². The molecule has 4 heteroatoms. The Morgan fingerprint density at radius 2 is 2.00 bits per heavy atom. The van der Waals surface area contributed by atoms with Gasteiger partial charge in [-0.15, -0.1) is 24.0 Å². The lowest BCUT2D eigenvalue weighted by Crippen LogP contribution is -2.36. The minimum absolute atomic E-state index is 0. The minimum Gasteiger partial charge on any atom is -0.370 e. The van der Waals surface area contributed by atoms with E-state index in [1.165, 1.54) is 16.7 Å². The van der Waals surface area contributed by atoms with E-state index < -0.39 is 0 Å². The molecule has 3 nitrogen and oxygen atoms in total. The molecule has 0 heterocycles. The summed E-state index contributed by atoms with van der Waals surface area (Å²) in [4.78, 5) is 4.31. The zero-order valence-corrected chi connectivity index (χ0v) is 13.3. The summed E-state index contributed by atoms with van der Waals surface area (Å²) in [6, 6.07) is 6.69. The normalized spacial score (nSPS) is 11.2. The van der Waals surface area contributed by atoms with Crippen LogP contribution in [0.25, 0.3) is 0 Å². The third-order valence-corrected chi connectivity index (χ3v) is 2.35. The predicted molar refractivity (Wildman–Crippen MR) is 84.9 cm³/mol. The molecule has 0 saturated carbocycles. The van der Waals surface area contributed by atoms with Crippen molar-refractivity contribution in [2.45, 2.75) is 40.3 Å². The summed E-state index contributed by atoms with van der Waals surface area (Å²) in [7, 11) is 0. The lowest BCUT2D eigenvalue weighted by Gasteiger charge is -2.09. The summed E-state index contributed by atoms with van der Waals surface area (Å²) in [5.41, 5.74) is 9.50. The first-order valence-electron chi connectivity index (χ1n) is 5.61. The van der Waals surface area contributed by atoms with E-state index in [-0.39, 0.29) is 24.0 Å². The highest BCUT2D eigenvalue weighted by atomic mass is 127. The van der Waals surface area contributed by atoms with Crippen LogP contribution in [0.1, 0.15) is 30.5 Å². The fourth-order valence-corrected chi connectivity index (χ4v) is 1.53. The maximum Gasteiger partial charge on any atom is 0.189 e. The summed E-state index contributed by atoms with van der Waals surface area (Å²) in [6.45, 7) is 8.91. The molecule has 0 bridgehead atoms. The second-order valence-electron chi connectivity index (χ2n) is 4.43. The van der Waals surface area contributed by atoms with Crippen LogP contribution in [0.2, 0.25) is 0 Å². The Hall–Kier alpha value is -0.780. The van der Waals surface area contributed by atoms with Crippen molar-refractivity contribution < 1.29 is 0 Å². The van der Waals surface area contributed by atoms with Crippen LogP contribution in [-0.4, -0.2) is 12.0 Å². The van der Waals surface area contributed by atoms with E-state index in [0.29, 0.717) is 18.5 Å². The Morgan fingerprint density at radius 3 is 2.53 bits per heavy atom. The van der Waals surface area contributed by atoms with Gasteiger partial charge in [0, 0.05) is 6.04 Å². The van der Waals surface area contributed by atoms with E-state index in [4.69, 9.17) is 5.73 Å². The van der Waals surface area contributed by atoms with E-state index in [0.717, 1.165) is 0 Å². The monoisotopic (exact) mass is 347 g/mol. The predicted octanol–water partition coefficient (Wildman–Crippen LogP) is 2.73. The van der Waals surface area contributed by atoms with Crippen LogP contribution < -0.4 is 11.1 Å². The second-order valence-corrected chi connectivity index (χ2v) is 4.43. The quantitative estimate of drug-likeness (QED) is 0.502. The van der Waals surface area contributed by atoms with Crippen molar-refractivity contribution in [1.82, 2.24) is 5.32 Å². The lowest BCUT2D eigenvalue weighted by molar-refractivity contribution is 0.723. The average molecular weight is 347 g/mol. The molecule has 0 radical (unpaired) electrons. The van der Waals surface area contributed by atoms with E-state index in [1.54, 1.807) is 0 Å². The first-order chi connectivity index (χ1) is 7.49. The molecule has 0 amide bonds. The molecule has 0 spiro atoms. The zero-order valence-electron chi connectivity index (χ0n) is 10.9. The van der Waals surface area contributed by atoms with Gasteiger partial charge in [0.25, 0.3) is 0 Å². The number of rotatable bonds is 3. The third kappa shape index (κ3) is 5.91. The SMILES string of the molecule is Cc1ccc(CN=C(N)NC(C)C)c(C)c1.I. The van der Waals surface area contributed by atoms with E-state index in [1.807, 2.05) is 13.8 Å². The smallest absolute Gasteiger partial charge is 0.189 e. The third-order valence-electron chi connectivity index (χ3n) is 2.35. The molecular weight excluding hydrogens is 325 g/mol. The van der Waals surface area contributed by atoms with E-state index >= 15 is 0 Å². The Balaban J connectivity index is 0.00000256. The first-order valence-corrected chi connectivity index (χ1v) is 5.61. The van der Waals surface area contributed by atoms with Gasteiger partial charge in [-0.1, -0.05) is 23.8 Å². The summed E-state index contributed by atoms with van der Waals surface area (Å²) in [5, 5.41) is 3.07. The minimum atomic E-state index is 0. The topological polar surface area (TPSA) is 50.4 Å². The molecule has 0 saturated heterocycles. The lowest BCUT2D eigenvalue weighted by atomic mass is 10.1. The summed E-state index contributed by atoms with van der Waals surface area (Å²) < 4.78 is 0. The molecule has 1 rings (SSSR count). The fraction of sp³-hybridized carbons (Fsp3) is 0.462. The van der Waals surface area contributed by atoms with Gasteiger partial charge in [0.15, 0.2) is 5.96 Å². The molecule has 0 fully saturated rings. The van der Waals surface area contributed by atoms with Gasteiger partial charge in [0.05, 0.1) is 6.54 Å². The van der Waals surface area contributed by atoms with Gasteiger partial charge >= 0.3 is 0 Å². The Bertz CT molecular complexity index is 386. The summed E-state index contributed by atoms with van der Waals surface area (Å²) >= 11 is 0. The number of halogens is 1. The molecule has 0 atom stereocenters. The van der Waals surface area contributed by atoms with Crippen LogP contribution in [0.3, 0.4) is 0 Å². The highest BCUT2D eigenvalue weighted by Crippen LogP contribution is 2.11. The van der Waals surface area contributed by atoms with Crippen molar-refractivity contribution in [3.05, 3.63) is 34.9 Å². The molecule has 0 aliphatic heterocycles. The van der Waals surface area contributed by atoms with Crippen molar-refractivity contribution in [1.29, 1.82) is 0 Å². The molecule has 0 aliphatic carbocycles. The number of nitrogens with one attached hydrogen (secondary N) is 1. The maximum absolute atomic E-state index is 5.74. The second kappa shape index (κ2) is 7.53. The van der Waals surface area contributed by atoms with Gasteiger partial charge in [-0.05, 0) is 38.8 Å². The zero-order chi connectivity index (χ0) is 12.1. The molecule has 1 aromatic carbocycles. The molecule has 1 aromatic rings. The molecule has 0 aliphatic rings. The Kier molecular flexibility index (Phi) is 7.18. The molecule has 17 heavy (non-hydrogen) atoms. The van der Waals surface area contributed by atoms with Crippen LogP contribution in [-0.2, 0) is 6.54 Å². The Labute approximate surface area is 121 Å². The van der Waals surface area contributed by atoms with E-state index in [9.17, 15) is 0 Å². The van der Waals surface area contributed by atoms with E-state index in [2.05, 4.69) is 42.4 Å². The highest BCUT2D eigenvalue weighted by Gasteiger charge is 1.99. The van der Waals surface area contributed by atoms with Crippen molar-refractivity contribution >= 4 is 29.9 Å². The van der Waals surface area contributed by atoms with Gasteiger partial charge < -0.3 is 11.1 Å². The van der Waals surface area contributed by atoms with Crippen LogP contribution >= 0.6 is 24.0 Å². The standard InChI is InChI=1S/C13H21N3.HI/c1-9(2)16-13(14)15-8-12-6-5-10(3)7-11(12)4;/h5-7,9H,8H2,1-4H3,(H3,14,15,16);1H. The largest absolute Gasteiger partial charge is 0.370 e. The maximum atomic E-state index is 5.74. The molecule has 0 aromatic heterocycles. The first kappa shape index (κ1) is 16.2. The number of nitrogens with two attached hydrogens (primary N) is 1. The fourth-order valence-electron chi connectivity index (χ4n) is 1.53. The molecule has 96 valence electrons. The summed E-state index contributed by atoms with van der Waals surface area (Å²) in [5.74, 6) is 0.509. The van der Waals surface area contributed by atoms with Gasteiger partial charge in [0.2, 0.25) is 0 Å². The average Bonchev–Trinajstić information content (AvgIpc) is 2.15. The van der Waals surface area contributed by atoms with Crippen LogP contribution in [0.5, 0.6) is 0 Å². The summed E-state index contributed by atoms with van der Waals surface area (Å²) in [6.07, 6.45) is 0. The number of hydrogen-bond donors (Lipinski definition) is 2. The van der Waals surface area contributed by atoms with Gasteiger partial charge in [-0.3, -0.25) is 0 Å². The number of hydrogen-bond acceptors (Lipinski definition) is 1. The highest BCUT2D eigenvalue weighted by molar-refractivity contribution is 14.0. The van der Waals surface area contributed by atoms with Gasteiger partial charge in [-0.25, -0.2) is 4.99 Å². The Morgan fingerprint density at radius 1 is 1.35 bits per heavy atom. The van der Waals surface area contributed by atoms with Crippen LogP contribution in [0, 0.1) is 13.8 Å². The molecular formula is C13H22IN3. The van der Waals surface area contributed by atoms with Crippen LogP contribution in [0.4, 0.5) is 0 Å².